The van der Waals surface area contributed by atoms with Gasteiger partial charge in [-0.05, 0) is 18.9 Å². The van der Waals surface area contributed by atoms with Crippen molar-refractivity contribution in [1.29, 1.82) is 0 Å². The summed E-state index contributed by atoms with van der Waals surface area (Å²) in [5, 5.41) is 0.231. The van der Waals surface area contributed by atoms with Crippen molar-refractivity contribution in [3.05, 3.63) is 23.5 Å². The molecule has 1 aromatic heterocycles. The molecule has 1 aliphatic rings. The van der Waals surface area contributed by atoms with Crippen LogP contribution >= 0.6 is 11.6 Å². The average molecular weight is 261 g/mol. The van der Waals surface area contributed by atoms with Crippen LogP contribution in [0.2, 0.25) is 5.02 Å². The van der Waals surface area contributed by atoms with Gasteiger partial charge >= 0.3 is 0 Å². The van der Waals surface area contributed by atoms with Crippen LogP contribution < -0.4 is 0 Å². The summed E-state index contributed by atoms with van der Waals surface area (Å²) in [4.78, 5) is 3.92. The van der Waals surface area contributed by atoms with E-state index in [1.807, 2.05) is 6.92 Å². The van der Waals surface area contributed by atoms with Crippen LogP contribution in [0.25, 0.3) is 0 Å². The molecule has 0 atom stereocenters. The minimum Gasteiger partial charge on any atom is -0.263 e. The number of hydrogen-bond donors (Lipinski definition) is 0. The van der Waals surface area contributed by atoms with Gasteiger partial charge in [0.25, 0.3) is 0 Å². The van der Waals surface area contributed by atoms with Crippen molar-refractivity contribution < 1.29 is 8.42 Å². The van der Waals surface area contributed by atoms with Gasteiger partial charge in [-0.1, -0.05) is 18.5 Å². The summed E-state index contributed by atoms with van der Waals surface area (Å²) in [5.74, 6) is 0. The highest BCUT2D eigenvalue weighted by atomic mass is 35.5. The van der Waals surface area contributed by atoms with Crippen molar-refractivity contribution in [2.24, 2.45) is 0 Å². The second-order valence-electron chi connectivity index (χ2n) is 3.75. The highest BCUT2D eigenvalue weighted by molar-refractivity contribution is 7.89. The first-order chi connectivity index (χ1) is 7.57. The van der Waals surface area contributed by atoms with Crippen molar-refractivity contribution in [2.45, 2.75) is 30.7 Å². The molecular weight excluding hydrogens is 248 g/mol. The highest BCUT2D eigenvalue weighted by Crippen LogP contribution is 2.33. The fourth-order valence-electron chi connectivity index (χ4n) is 1.67. The first-order valence-electron chi connectivity index (χ1n) is 5.18. The molecule has 1 fully saturated rings. The van der Waals surface area contributed by atoms with E-state index in [2.05, 4.69) is 4.98 Å². The Kier molecular flexibility index (Phi) is 3.19. The lowest BCUT2D eigenvalue weighted by Gasteiger charge is -2.20. The van der Waals surface area contributed by atoms with Crippen LogP contribution in [0.5, 0.6) is 0 Å². The van der Waals surface area contributed by atoms with Crippen molar-refractivity contribution in [1.82, 2.24) is 9.29 Å². The normalized spacial score (nSPS) is 16.7. The monoisotopic (exact) mass is 260 g/mol. The molecular formula is C10H13ClN2O2S. The van der Waals surface area contributed by atoms with E-state index >= 15 is 0 Å². The molecule has 0 saturated heterocycles. The molecule has 1 aliphatic carbocycles. The molecule has 0 bridgehead atoms. The van der Waals surface area contributed by atoms with Crippen molar-refractivity contribution in [3.63, 3.8) is 0 Å². The Balaban J connectivity index is 2.41. The molecule has 0 N–H and O–H groups in total. The van der Waals surface area contributed by atoms with Gasteiger partial charge in [0.05, 0.1) is 5.02 Å². The molecule has 0 aliphatic heterocycles. The van der Waals surface area contributed by atoms with Crippen LogP contribution in [-0.4, -0.2) is 30.3 Å². The molecule has 1 heterocycles. The SMILES string of the molecule is CCN(C1CC1)S(=O)(=O)c1cnccc1Cl. The summed E-state index contributed by atoms with van der Waals surface area (Å²) in [7, 11) is -3.48. The Labute approximate surface area is 100 Å². The van der Waals surface area contributed by atoms with Crippen LogP contribution in [-0.2, 0) is 10.0 Å². The smallest absolute Gasteiger partial charge is 0.246 e. The van der Waals surface area contributed by atoms with Gasteiger partial charge in [-0.2, -0.15) is 4.31 Å². The van der Waals surface area contributed by atoms with Crippen molar-refractivity contribution in [3.8, 4) is 0 Å². The molecule has 1 aromatic rings. The molecule has 0 aromatic carbocycles. The van der Waals surface area contributed by atoms with E-state index in [0.717, 1.165) is 12.8 Å². The van der Waals surface area contributed by atoms with Crippen LogP contribution in [0.1, 0.15) is 19.8 Å². The minimum atomic E-state index is -3.48. The summed E-state index contributed by atoms with van der Waals surface area (Å²) in [6.07, 6.45) is 4.66. The van der Waals surface area contributed by atoms with E-state index in [1.54, 1.807) is 0 Å². The number of pyridine rings is 1. The summed E-state index contributed by atoms with van der Waals surface area (Å²) >= 11 is 5.89. The summed E-state index contributed by atoms with van der Waals surface area (Å²) in [6, 6.07) is 1.64. The van der Waals surface area contributed by atoms with Crippen LogP contribution in [0, 0.1) is 0 Å². The van der Waals surface area contributed by atoms with E-state index in [4.69, 9.17) is 11.6 Å². The average Bonchev–Trinajstić information content (AvgIpc) is 3.03. The van der Waals surface area contributed by atoms with Gasteiger partial charge < -0.3 is 0 Å². The Hall–Kier alpha value is -0.650. The molecule has 6 heteroatoms. The van der Waals surface area contributed by atoms with Gasteiger partial charge in [-0.25, -0.2) is 8.42 Å². The molecule has 0 unspecified atom stereocenters. The largest absolute Gasteiger partial charge is 0.263 e. The van der Waals surface area contributed by atoms with Gasteiger partial charge in [0.15, 0.2) is 0 Å². The molecule has 0 spiro atoms. The Morgan fingerprint density at radius 2 is 2.25 bits per heavy atom. The highest BCUT2D eigenvalue weighted by Gasteiger charge is 2.37. The molecule has 1 saturated carbocycles. The second-order valence-corrected chi connectivity index (χ2v) is 6.01. The lowest BCUT2D eigenvalue weighted by molar-refractivity contribution is 0.421. The van der Waals surface area contributed by atoms with E-state index in [1.165, 1.54) is 22.8 Å². The number of halogens is 1. The second kappa shape index (κ2) is 4.31. The Morgan fingerprint density at radius 1 is 1.56 bits per heavy atom. The number of sulfonamides is 1. The first-order valence-corrected chi connectivity index (χ1v) is 7.00. The third kappa shape index (κ3) is 2.07. The molecule has 2 rings (SSSR count). The molecule has 4 nitrogen and oxygen atoms in total. The lowest BCUT2D eigenvalue weighted by Crippen LogP contribution is -2.33. The lowest BCUT2D eigenvalue weighted by atomic mass is 10.5. The van der Waals surface area contributed by atoms with Gasteiger partial charge in [0.1, 0.15) is 4.90 Å². The zero-order valence-corrected chi connectivity index (χ0v) is 10.5. The number of aromatic nitrogens is 1. The maximum Gasteiger partial charge on any atom is 0.246 e. The topological polar surface area (TPSA) is 50.3 Å². The summed E-state index contributed by atoms with van der Waals surface area (Å²) < 4.78 is 26.0. The predicted molar refractivity (Wildman–Crippen MR) is 61.8 cm³/mol. The maximum atomic E-state index is 12.3. The van der Waals surface area contributed by atoms with Gasteiger partial charge in [-0.15, -0.1) is 0 Å². The first kappa shape index (κ1) is 11.8. The third-order valence-electron chi connectivity index (χ3n) is 2.59. The summed E-state index contributed by atoms with van der Waals surface area (Å²) in [6.45, 7) is 2.30. The number of nitrogens with zero attached hydrogens (tertiary/aromatic N) is 2. The quantitative estimate of drug-likeness (QED) is 0.831. The summed E-state index contributed by atoms with van der Waals surface area (Å²) in [5.41, 5.74) is 0. The van der Waals surface area contributed by atoms with Crippen molar-refractivity contribution in [2.75, 3.05) is 6.54 Å². The minimum absolute atomic E-state index is 0.102. The Morgan fingerprint density at radius 3 is 2.75 bits per heavy atom. The standard InChI is InChI=1S/C10H13ClN2O2S/c1-2-13(8-3-4-8)16(14,15)10-7-12-6-5-9(10)11/h5-8H,2-4H2,1H3. The van der Waals surface area contributed by atoms with Gasteiger partial charge in [-0.3, -0.25) is 4.98 Å². The maximum absolute atomic E-state index is 12.3. The zero-order valence-electron chi connectivity index (χ0n) is 8.93. The molecule has 16 heavy (non-hydrogen) atoms. The molecule has 88 valence electrons. The van der Waals surface area contributed by atoms with E-state index in [-0.39, 0.29) is 16.0 Å². The third-order valence-corrected chi connectivity index (χ3v) is 5.08. The zero-order chi connectivity index (χ0) is 11.8. The van der Waals surface area contributed by atoms with Crippen LogP contribution in [0.15, 0.2) is 23.4 Å². The fourth-order valence-corrected chi connectivity index (χ4v) is 3.77. The molecule has 0 amide bonds. The van der Waals surface area contributed by atoms with Gasteiger partial charge in [0, 0.05) is 25.0 Å². The van der Waals surface area contributed by atoms with Crippen molar-refractivity contribution >= 4 is 21.6 Å². The Bertz CT molecular complexity index is 485. The van der Waals surface area contributed by atoms with E-state index < -0.39 is 10.0 Å². The van der Waals surface area contributed by atoms with Gasteiger partial charge in [0.2, 0.25) is 10.0 Å². The van der Waals surface area contributed by atoms with E-state index in [9.17, 15) is 8.42 Å². The van der Waals surface area contributed by atoms with E-state index in [0.29, 0.717) is 6.54 Å². The fraction of sp³-hybridized carbons (Fsp3) is 0.500. The molecule has 0 radical (unpaired) electrons. The van der Waals surface area contributed by atoms with Crippen LogP contribution in [0.4, 0.5) is 0 Å². The van der Waals surface area contributed by atoms with Crippen LogP contribution in [0.3, 0.4) is 0 Å². The predicted octanol–water partition coefficient (Wildman–Crippen LogP) is 1.91. The number of rotatable bonds is 4. The number of hydrogen-bond acceptors (Lipinski definition) is 3.